The van der Waals surface area contributed by atoms with Gasteiger partial charge in [-0.3, -0.25) is 9.69 Å². The summed E-state index contributed by atoms with van der Waals surface area (Å²) in [6.07, 6.45) is 0.476. The van der Waals surface area contributed by atoms with Crippen LogP contribution in [0, 0.1) is 0 Å². The van der Waals surface area contributed by atoms with Crippen LogP contribution in [0.1, 0.15) is 12.0 Å². The van der Waals surface area contributed by atoms with Crippen LogP contribution in [0.3, 0.4) is 0 Å². The largest absolute Gasteiger partial charge is 0.307 e. The third-order valence-electron chi connectivity index (χ3n) is 4.65. The van der Waals surface area contributed by atoms with Crippen molar-refractivity contribution in [3.8, 4) is 0 Å². The fraction of sp³-hybridized carbons (Fsp3) is 0.350. The minimum Gasteiger partial charge on any atom is -0.307 e. The molecule has 1 fully saturated rings. The molecule has 5 nitrogen and oxygen atoms in total. The Kier molecular flexibility index (Phi) is 6.19. The fourth-order valence-electron chi connectivity index (χ4n) is 3.39. The molecule has 27 heavy (non-hydrogen) atoms. The van der Waals surface area contributed by atoms with Gasteiger partial charge in [-0.2, -0.15) is 0 Å². The maximum Gasteiger partial charge on any atom is 0.241 e. The van der Waals surface area contributed by atoms with Gasteiger partial charge in [0.15, 0.2) is 9.84 Å². The highest BCUT2D eigenvalue weighted by molar-refractivity contribution is 7.91. The molecule has 0 aliphatic carbocycles. The van der Waals surface area contributed by atoms with Crippen LogP contribution in [-0.4, -0.2) is 50.4 Å². The molecule has 1 saturated heterocycles. The minimum atomic E-state index is -3.08. The number of anilines is 1. The number of carbonyl (C=O) groups is 1. The molecule has 2 aromatic rings. The van der Waals surface area contributed by atoms with Crippen LogP contribution in [0.5, 0.6) is 0 Å². The molecule has 0 bridgehead atoms. The number of benzene rings is 2. The summed E-state index contributed by atoms with van der Waals surface area (Å²) in [5.41, 5.74) is 1.80. The summed E-state index contributed by atoms with van der Waals surface area (Å²) in [5, 5.41) is 0.676. The maximum absolute atomic E-state index is 13.1. The van der Waals surface area contributed by atoms with Crippen LogP contribution < -0.4 is 4.90 Å². The van der Waals surface area contributed by atoms with E-state index in [1.54, 1.807) is 4.90 Å². The molecule has 1 aliphatic rings. The zero-order valence-corrected chi connectivity index (χ0v) is 16.8. The van der Waals surface area contributed by atoms with Gasteiger partial charge in [-0.05, 0) is 43.3 Å². The van der Waals surface area contributed by atoms with E-state index in [4.69, 9.17) is 11.6 Å². The van der Waals surface area contributed by atoms with Crippen molar-refractivity contribution >= 4 is 33.0 Å². The zero-order valence-electron chi connectivity index (χ0n) is 15.2. The van der Waals surface area contributed by atoms with Gasteiger partial charge in [0, 0.05) is 17.3 Å². The highest BCUT2D eigenvalue weighted by Crippen LogP contribution is 2.25. The molecule has 1 heterocycles. The van der Waals surface area contributed by atoms with Crippen LogP contribution in [0.25, 0.3) is 0 Å². The van der Waals surface area contributed by atoms with Gasteiger partial charge in [0.2, 0.25) is 5.91 Å². The first-order valence-corrected chi connectivity index (χ1v) is 11.0. The Morgan fingerprint density at radius 1 is 1.11 bits per heavy atom. The van der Waals surface area contributed by atoms with Crippen molar-refractivity contribution in [2.24, 2.45) is 0 Å². The van der Waals surface area contributed by atoms with Gasteiger partial charge in [0.25, 0.3) is 0 Å². The van der Waals surface area contributed by atoms with Gasteiger partial charge in [0.05, 0.1) is 24.1 Å². The van der Waals surface area contributed by atoms with Crippen LogP contribution >= 0.6 is 11.6 Å². The summed E-state index contributed by atoms with van der Waals surface area (Å²) in [4.78, 5) is 16.6. The average Bonchev–Trinajstić information content (AvgIpc) is 2.97. The number of nitrogens with zero attached hydrogens (tertiary/aromatic N) is 2. The second-order valence-electron chi connectivity index (χ2n) is 6.95. The topological polar surface area (TPSA) is 57.7 Å². The van der Waals surface area contributed by atoms with Crippen LogP contribution in [-0.2, 0) is 21.2 Å². The molecular formula is C20H23ClN2O3S. The van der Waals surface area contributed by atoms with Crippen molar-refractivity contribution in [2.75, 3.05) is 30.0 Å². The first-order valence-electron chi connectivity index (χ1n) is 8.84. The number of amides is 1. The van der Waals surface area contributed by atoms with Crippen molar-refractivity contribution in [3.63, 3.8) is 0 Å². The van der Waals surface area contributed by atoms with E-state index in [0.717, 1.165) is 11.3 Å². The molecule has 144 valence electrons. The van der Waals surface area contributed by atoms with Crippen molar-refractivity contribution < 1.29 is 13.2 Å². The van der Waals surface area contributed by atoms with E-state index in [2.05, 4.69) is 0 Å². The number of hydrogen-bond acceptors (Lipinski definition) is 4. The summed E-state index contributed by atoms with van der Waals surface area (Å²) in [6.45, 7) is 0.808. The number of rotatable bonds is 6. The van der Waals surface area contributed by atoms with Crippen molar-refractivity contribution in [1.29, 1.82) is 0 Å². The van der Waals surface area contributed by atoms with Gasteiger partial charge >= 0.3 is 0 Å². The Balaban J connectivity index is 1.73. The molecule has 1 aliphatic heterocycles. The monoisotopic (exact) mass is 406 g/mol. The van der Waals surface area contributed by atoms with Crippen LogP contribution in [0.15, 0.2) is 54.6 Å². The van der Waals surface area contributed by atoms with Gasteiger partial charge < -0.3 is 4.90 Å². The summed E-state index contributed by atoms with van der Waals surface area (Å²) in [7, 11) is -1.21. The molecule has 3 rings (SSSR count). The van der Waals surface area contributed by atoms with E-state index in [-0.39, 0.29) is 30.0 Å². The third kappa shape index (κ3) is 5.31. The molecular weight excluding hydrogens is 384 g/mol. The molecule has 0 unspecified atom stereocenters. The Hall–Kier alpha value is -1.89. The molecule has 1 amide bonds. The number of hydrogen-bond donors (Lipinski definition) is 0. The minimum absolute atomic E-state index is 0.0224. The van der Waals surface area contributed by atoms with Gasteiger partial charge in [0.1, 0.15) is 0 Å². The highest BCUT2D eigenvalue weighted by Gasteiger charge is 2.35. The van der Waals surface area contributed by atoms with Crippen molar-refractivity contribution in [2.45, 2.75) is 19.0 Å². The number of likely N-dealkylation sites (N-methyl/N-ethyl adjacent to an activating group) is 1. The average molecular weight is 407 g/mol. The molecule has 0 radical (unpaired) electrons. The lowest BCUT2D eigenvalue weighted by atomic mass is 10.1. The Morgan fingerprint density at radius 3 is 2.37 bits per heavy atom. The first-order chi connectivity index (χ1) is 12.8. The molecule has 0 N–H and O–H groups in total. The summed E-state index contributed by atoms with van der Waals surface area (Å²) >= 11 is 5.91. The van der Waals surface area contributed by atoms with Crippen LogP contribution in [0.2, 0.25) is 5.02 Å². The lowest BCUT2D eigenvalue weighted by molar-refractivity contribution is -0.120. The lowest BCUT2D eigenvalue weighted by Crippen LogP contribution is -2.45. The fourth-order valence-corrected chi connectivity index (χ4v) is 5.22. The summed E-state index contributed by atoms with van der Waals surface area (Å²) < 4.78 is 23.9. The molecule has 0 aromatic heterocycles. The number of halogens is 1. The predicted octanol–water partition coefficient (Wildman–Crippen LogP) is 2.99. The second kappa shape index (κ2) is 8.42. The number of para-hydroxylation sites is 1. The van der Waals surface area contributed by atoms with Gasteiger partial charge in [-0.1, -0.05) is 41.9 Å². The van der Waals surface area contributed by atoms with E-state index < -0.39 is 9.84 Å². The molecule has 1 atom stereocenters. The van der Waals surface area contributed by atoms with Crippen molar-refractivity contribution in [3.05, 3.63) is 65.2 Å². The smallest absolute Gasteiger partial charge is 0.241 e. The molecule has 0 saturated carbocycles. The third-order valence-corrected chi connectivity index (χ3v) is 6.65. The Bertz CT molecular complexity index is 885. The van der Waals surface area contributed by atoms with Gasteiger partial charge in [-0.15, -0.1) is 0 Å². The van der Waals surface area contributed by atoms with Crippen molar-refractivity contribution in [1.82, 2.24) is 4.90 Å². The van der Waals surface area contributed by atoms with E-state index >= 15 is 0 Å². The predicted molar refractivity (Wildman–Crippen MR) is 109 cm³/mol. The zero-order chi connectivity index (χ0) is 19.4. The number of sulfone groups is 1. The summed E-state index contributed by atoms with van der Waals surface area (Å²) in [6, 6.07) is 16.5. The SMILES string of the molecule is CN(CC(=O)N(c1ccccc1)[C@@H]1CCS(=O)(=O)C1)Cc1ccc(Cl)cc1. The molecule has 2 aromatic carbocycles. The quantitative estimate of drug-likeness (QED) is 0.740. The maximum atomic E-state index is 13.1. The second-order valence-corrected chi connectivity index (χ2v) is 9.62. The van der Waals surface area contributed by atoms with Crippen LogP contribution in [0.4, 0.5) is 5.69 Å². The van der Waals surface area contributed by atoms with E-state index in [0.29, 0.717) is 18.0 Å². The van der Waals surface area contributed by atoms with Gasteiger partial charge in [-0.25, -0.2) is 8.42 Å². The Labute approximate surface area is 165 Å². The van der Waals surface area contributed by atoms with E-state index in [1.165, 1.54) is 0 Å². The molecule has 7 heteroatoms. The Morgan fingerprint density at radius 2 is 1.78 bits per heavy atom. The lowest BCUT2D eigenvalue weighted by Gasteiger charge is -2.30. The number of carbonyl (C=O) groups excluding carboxylic acids is 1. The summed E-state index contributed by atoms with van der Waals surface area (Å²) in [5.74, 6) is 0.0587. The highest BCUT2D eigenvalue weighted by atomic mass is 35.5. The van der Waals surface area contributed by atoms with E-state index in [1.807, 2.05) is 66.5 Å². The standard InChI is InChI=1S/C20H23ClN2O3S/c1-22(13-16-7-9-17(21)10-8-16)14-20(24)23(18-5-3-2-4-6-18)19-11-12-27(25,26)15-19/h2-10,19H,11-15H2,1H3/t19-/m1/s1. The molecule has 0 spiro atoms. The normalized spacial score (nSPS) is 18.6. The van der Waals surface area contributed by atoms with E-state index in [9.17, 15) is 13.2 Å². The first kappa shape index (κ1) is 19.9.